The van der Waals surface area contributed by atoms with Crippen LogP contribution < -0.4 is 4.74 Å². The Hall–Kier alpha value is -2.50. The van der Waals surface area contributed by atoms with Crippen LogP contribution in [0, 0.1) is 23.3 Å². The van der Waals surface area contributed by atoms with Gasteiger partial charge in [-0.2, -0.15) is 4.39 Å². The molecule has 1 aliphatic heterocycles. The van der Waals surface area contributed by atoms with Crippen molar-refractivity contribution in [1.29, 1.82) is 0 Å². The number of hydrogen-bond donors (Lipinski definition) is 0. The van der Waals surface area contributed by atoms with Gasteiger partial charge in [-0.05, 0) is 61.8 Å². The summed E-state index contributed by atoms with van der Waals surface area (Å²) in [7, 11) is 0. The van der Waals surface area contributed by atoms with Gasteiger partial charge in [0.25, 0.3) is 0 Å². The second-order valence-corrected chi connectivity index (χ2v) is 7.42. The van der Waals surface area contributed by atoms with Crippen molar-refractivity contribution >= 4 is 0 Å². The van der Waals surface area contributed by atoms with Crippen LogP contribution in [-0.4, -0.2) is 6.61 Å². The first-order valence-electron chi connectivity index (χ1n) is 10.4. The maximum absolute atomic E-state index is 14.7. The molecule has 1 aliphatic rings. The van der Waals surface area contributed by atoms with Crippen molar-refractivity contribution in [2.24, 2.45) is 0 Å². The van der Waals surface area contributed by atoms with Gasteiger partial charge in [0.2, 0.25) is 5.82 Å². The van der Waals surface area contributed by atoms with Crippen molar-refractivity contribution in [3.63, 3.8) is 0 Å². The van der Waals surface area contributed by atoms with Gasteiger partial charge in [-0.25, -0.2) is 13.2 Å². The largest absolute Gasteiger partial charge is 0.493 e. The topological polar surface area (TPSA) is 18.5 Å². The average Bonchev–Trinajstić information content (AvgIpc) is 2.75. The molecule has 0 amide bonds. The second-order valence-electron chi connectivity index (χ2n) is 7.42. The molecule has 162 valence electrons. The Morgan fingerprint density at radius 3 is 2.13 bits per heavy atom. The van der Waals surface area contributed by atoms with Crippen LogP contribution in [0.5, 0.6) is 5.75 Å². The van der Waals surface area contributed by atoms with E-state index in [2.05, 4.69) is 6.92 Å². The Kier molecular flexibility index (Phi) is 7.40. The van der Waals surface area contributed by atoms with E-state index < -0.39 is 29.4 Å². The van der Waals surface area contributed by atoms with Crippen molar-refractivity contribution < 1.29 is 27.0 Å². The number of halogens is 4. The standard InChI is InChI=1S/C24H26F4O2/c1-3-5-15-6-12-19(30-14-15)18-11-9-16(21(25)23(18)27)7-8-17-10-13-20(29-4-2)24(28)22(17)26/h9-11,13-14,19H,3-8,12H2,1-2H3. The average molecular weight is 422 g/mol. The zero-order valence-corrected chi connectivity index (χ0v) is 17.2. The van der Waals surface area contributed by atoms with Crippen LogP contribution in [0.3, 0.4) is 0 Å². The summed E-state index contributed by atoms with van der Waals surface area (Å²) in [5.74, 6) is -4.16. The highest BCUT2D eigenvalue weighted by atomic mass is 19.2. The summed E-state index contributed by atoms with van der Waals surface area (Å²) in [6, 6.07) is 5.76. The van der Waals surface area contributed by atoms with Crippen LogP contribution in [-0.2, 0) is 17.6 Å². The SMILES string of the molecule is CCCC1=COC(c2ccc(CCc3ccc(OCC)c(F)c3F)c(F)c2F)CC1. The van der Waals surface area contributed by atoms with E-state index in [1.54, 1.807) is 13.2 Å². The van der Waals surface area contributed by atoms with Gasteiger partial charge in [0.05, 0.1) is 12.9 Å². The predicted molar refractivity (Wildman–Crippen MR) is 107 cm³/mol. The zero-order valence-electron chi connectivity index (χ0n) is 17.2. The molecule has 2 aromatic carbocycles. The maximum atomic E-state index is 14.7. The molecule has 3 rings (SSSR count). The second kappa shape index (κ2) is 10.0. The Morgan fingerprint density at radius 1 is 0.867 bits per heavy atom. The van der Waals surface area contributed by atoms with E-state index in [0.717, 1.165) is 19.3 Å². The summed E-state index contributed by atoms with van der Waals surface area (Å²) >= 11 is 0. The number of hydrogen-bond acceptors (Lipinski definition) is 2. The van der Waals surface area contributed by atoms with Crippen molar-refractivity contribution in [3.8, 4) is 5.75 Å². The molecule has 0 saturated carbocycles. The third-order valence-corrected chi connectivity index (χ3v) is 5.33. The Bertz CT molecular complexity index is 924. The molecule has 0 N–H and O–H groups in total. The summed E-state index contributed by atoms with van der Waals surface area (Å²) in [5.41, 5.74) is 1.56. The van der Waals surface area contributed by atoms with Crippen LogP contribution in [0.4, 0.5) is 17.6 Å². The van der Waals surface area contributed by atoms with E-state index >= 15 is 0 Å². The van der Waals surface area contributed by atoms with Gasteiger partial charge >= 0.3 is 0 Å². The third-order valence-electron chi connectivity index (χ3n) is 5.33. The van der Waals surface area contributed by atoms with Crippen LogP contribution in [0.1, 0.15) is 62.3 Å². The third kappa shape index (κ3) is 4.79. The molecular weight excluding hydrogens is 396 g/mol. The molecule has 0 aromatic heterocycles. The fourth-order valence-corrected chi connectivity index (χ4v) is 3.70. The first-order valence-corrected chi connectivity index (χ1v) is 10.4. The molecule has 1 unspecified atom stereocenters. The molecule has 1 heterocycles. The highest BCUT2D eigenvalue weighted by Gasteiger charge is 2.24. The zero-order chi connectivity index (χ0) is 21.7. The lowest BCUT2D eigenvalue weighted by atomic mass is 9.95. The summed E-state index contributed by atoms with van der Waals surface area (Å²) in [6.45, 7) is 3.96. The highest BCUT2D eigenvalue weighted by molar-refractivity contribution is 5.33. The van der Waals surface area contributed by atoms with Crippen molar-refractivity contribution in [1.82, 2.24) is 0 Å². The smallest absolute Gasteiger partial charge is 0.200 e. The van der Waals surface area contributed by atoms with Crippen LogP contribution >= 0.6 is 0 Å². The fraction of sp³-hybridized carbons (Fsp3) is 0.417. The van der Waals surface area contributed by atoms with Crippen molar-refractivity contribution in [3.05, 3.63) is 76.1 Å². The Labute approximate surface area is 174 Å². The van der Waals surface area contributed by atoms with Crippen LogP contribution in [0.15, 0.2) is 36.1 Å². The predicted octanol–water partition coefficient (Wildman–Crippen LogP) is 6.96. The lowest BCUT2D eigenvalue weighted by Crippen LogP contribution is -2.11. The van der Waals surface area contributed by atoms with E-state index in [0.29, 0.717) is 6.42 Å². The number of ether oxygens (including phenoxy) is 2. The molecule has 1 atom stereocenters. The first-order chi connectivity index (χ1) is 14.5. The molecule has 2 aromatic rings. The molecule has 2 nitrogen and oxygen atoms in total. The van der Waals surface area contributed by atoms with Gasteiger partial charge in [0, 0.05) is 5.56 Å². The molecule has 6 heteroatoms. The molecule has 0 radical (unpaired) electrons. The van der Waals surface area contributed by atoms with Gasteiger partial charge in [0.15, 0.2) is 23.2 Å². The Balaban J connectivity index is 1.72. The minimum absolute atomic E-state index is 0.0356. The van der Waals surface area contributed by atoms with E-state index in [1.807, 2.05) is 0 Å². The van der Waals surface area contributed by atoms with Crippen LogP contribution in [0.25, 0.3) is 0 Å². The molecule has 0 spiro atoms. The monoisotopic (exact) mass is 422 g/mol. The lowest BCUT2D eigenvalue weighted by Gasteiger charge is -2.24. The number of rotatable bonds is 8. The number of benzene rings is 2. The number of aryl methyl sites for hydroxylation is 2. The van der Waals surface area contributed by atoms with E-state index in [4.69, 9.17) is 9.47 Å². The van der Waals surface area contributed by atoms with Crippen molar-refractivity contribution in [2.45, 2.75) is 58.5 Å². The molecule has 0 fully saturated rings. The Morgan fingerprint density at radius 2 is 1.53 bits per heavy atom. The molecule has 0 aliphatic carbocycles. The van der Waals surface area contributed by atoms with Gasteiger partial charge in [-0.3, -0.25) is 0 Å². The molecule has 0 saturated heterocycles. The van der Waals surface area contributed by atoms with E-state index in [1.165, 1.54) is 29.8 Å². The van der Waals surface area contributed by atoms with Gasteiger partial charge < -0.3 is 9.47 Å². The fourth-order valence-electron chi connectivity index (χ4n) is 3.70. The van der Waals surface area contributed by atoms with Gasteiger partial charge in [-0.1, -0.05) is 31.5 Å². The summed E-state index contributed by atoms with van der Waals surface area (Å²) in [5, 5.41) is 0. The van der Waals surface area contributed by atoms with Gasteiger partial charge in [-0.15, -0.1) is 0 Å². The summed E-state index contributed by atoms with van der Waals surface area (Å²) in [4.78, 5) is 0. The minimum atomic E-state index is -1.07. The number of allylic oxidation sites excluding steroid dienone is 1. The van der Waals surface area contributed by atoms with Gasteiger partial charge in [0.1, 0.15) is 6.10 Å². The highest BCUT2D eigenvalue weighted by Crippen LogP contribution is 2.34. The maximum Gasteiger partial charge on any atom is 0.200 e. The van der Waals surface area contributed by atoms with E-state index in [9.17, 15) is 17.6 Å². The molecule has 0 bridgehead atoms. The quantitative estimate of drug-likeness (QED) is 0.428. The lowest BCUT2D eigenvalue weighted by molar-refractivity contribution is 0.115. The summed E-state index contributed by atoms with van der Waals surface area (Å²) < 4.78 is 68.2. The minimum Gasteiger partial charge on any atom is -0.493 e. The summed E-state index contributed by atoms with van der Waals surface area (Å²) in [6.07, 6.45) is 4.55. The molecule has 30 heavy (non-hydrogen) atoms. The normalized spacial score (nSPS) is 16.2. The van der Waals surface area contributed by atoms with Crippen molar-refractivity contribution in [2.75, 3.05) is 6.61 Å². The van der Waals surface area contributed by atoms with E-state index in [-0.39, 0.29) is 41.9 Å². The van der Waals surface area contributed by atoms with Crippen LogP contribution in [0.2, 0.25) is 0 Å². The first kappa shape index (κ1) is 22.2. The molecular formula is C24H26F4O2.